The van der Waals surface area contributed by atoms with Gasteiger partial charge in [-0.25, -0.2) is 13.1 Å². The van der Waals surface area contributed by atoms with Gasteiger partial charge in [-0.3, -0.25) is 9.97 Å². The molecule has 0 bridgehead atoms. The van der Waals surface area contributed by atoms with E-state index < -0.39 is 10.0 Å². The van der Waals surface area contributed by atoms with Gasteiger partial charge in [-0.05, 0) is 31.7 Å². The van der Waals surface area contributed by atoms with Crippen LogP contribution >= 0.6 is 0 Å². The molecule has 6 nitrogen and oxygen atoms in total. The van der Waals surface area contributed by atoms with Crippen molar-refractivity contribution in [3.63, 3.8) is 0 Å². The quantitative estimate of drug-likeness (QED) is 0.868. The summed E-state index contributed by atoms with van der Waals surface area (Å²) < 4.78 is 26.1. The van der Waals surface area contributed by atoms with Crippen molar-refractivity contribution < 1.29 is 8.42 Å². The first-order valence-electron chi connectivity index (χ1n) is 6.06. The van der Waals surface area contributed by atoms with Gasteiger partial charge in [0.25, 0.3) is 0 Å². The molecule has 0 aliphatic heterocycles. The first kappa shape index (κ1) is 14.4. The summed E-state index contributed by atoms with van der Waals surface area (Å²) >= 11 is 0. The zero-order valence-electron chi connectivity index (χ0n) is 11.3. The van der Waals surface area contributed by atoms with Gasteiger partial charge in [-0.2, -0.15) is 0 Å². The van der Waals surface area contributed by atoms with Crippen molar-refractivity contribution in [1.29, 1.82) is 0 Å². The molecule has 0 unspecified atom stereocenters. The third kappa shape index (κ3) is 3.31. The van der Waals surface area contributed by atoms with Crippen LogP contribution in [-0.2, 0) is 16.6 Å². The molecule has 0 aliphatic carbocycles. The summed E-state index contributed by atoms with van der Waals surface area (Å²) in [7, 11) is -2.06. The second kappa shape index (κ2) is 5.98. The fourth-order valence-electron chi connectivity index (χ4n) is 1.72. The van der Waals surface area contributed by atoms with E-state index in [0.717, 1.165) is 11.4 Å². The van der Waals surface area contributed by atoms with E-state index in [9.17, 15) is 8.42 Å². The SMILES string of the molecule is CNS(=O)(=O)c1cc(NCc2cnccn2)ccc1C. The predicted octanol–water partition coefficient (Wildman–Crippen LogP) is 1.31. The van der Waals surface area contributed by atoms with Gasteiger partial charge in [-0.15, -0.1) is 0 Å². The third-order valence-electron chi connectivity index (χ3n) is 2.84. The number of nitrogens with one attached hydrogen (secondary N) is 2. The van der Waals surface area contributed by atoms with Crippen LogP contribution in [0.1, 0.15) is 11.3 Å². The molecule has 0 fully saturated rings. The summed E-state index contributed by atoms with van der Waals surface area (Å²) in [6.07, 6.45) is 4.88. The molecule has 20 heavy (non-hydrogen) atoms. The monoisotopic (exact) mass is 292 g/mol. The van der Waals surface area contributed by atoms with E-state index in [4.69, 9.17) is 0 Å². The van der Waals surface area contributed by atoms with Crippen molar-refractivity contribution >= 4 is 15.7 Å². The molecule has 0 saturated heterocycles. The molecule has 2 aromatic rings. The van der Waals surface area contributed by atoms with E-state index in [-0.39, 0.29) is 4.90 Å². The van der Waals surface area contributed by atoms with Crippen LogP contribution in [0.15, 0.2) is 41.7 Å². The summed E-state index contributed by atoms with van der Waals surface area (Å²) in [6, 6.07) is 5.21. The Morgan fingerprint density at radius 2 is 2.05 bits per heavy atom. The van der Waals surface area contributed by atoms with Crippen LogP contribution in [0, 0.1) is 6.92 Å². The molecule has 0 saturated carbocycles. The second-order valence-electron chi connectivity index (χ2n) is 4.24. The van der Waals surface area contributed by atoms with Gasteiger partial charge in [0.05, 0.1) is 23.3 Å². The lowest BCUT2D eigenvalue weighted by Gasteiger charge is -2.10. The highest BCUT2D eigenvalue weighted by Crippen LogP contribution is 2.20. The lowest BCUT2D eigenvalue weighted by molar-refractivity contribution is 0.587. The standard InChI is InChI=1S/C13H16N4O2S/c1-10-3-4-11(7-13(10)20(18,19)14-2)17-9-12-8-15-5-6-16-12/h3-8,14,17H,9H2,1-2H3. The van der Waals surface area contributed by atoms with E-state index in [1.54, 1.807) is 37.6 Å². The van der Waals surface area contributed by atoms with Crippen LogP contribution in [0.25, 0.3) is 0 Å². The molecule has 0 aliphatic rings. The highest BCUT2D eigenvalue weighted by molar-refractivity contribution is 7.89. The molecular weight excluding hydrogens is 276 g/mol. The molecule has 1 heterocycles. The van der Waals surface area contributed by atoms with Crippen molar-refractivity contribution in [2.45, 2.75) is 18.4 Å². The molecule has 0 atom stereocenters. The maximum atomic E-state index is 11.9. The minimum absolute atomic E-state index is 0.268. The van der Waals surface area contributed by atoms with Gasteiger partial charge < -0.3 is 5.32 Å². The Balaban J connectivity index is 2.20. The molecule has 0 radical (unpaired) electrons. The maximum Gasteiger partial charge on any atom is 0.240 e. The summed E-state index contributed by atoms with van der Waals surface area (Å²) in [4.78, 5) is 8.38. The van der Waals surface area contributed by atoms with Crippen LogP contribution in [0.3, 0.4) is 0 Å². The number of aromatic nitrogens is 2. The van der Waals surface area contributed by atoms with Crippen molar-refractivity contribution in [1.82, 2.24) is 14.7 Å². The van der Waals surface area contributed by atoms with Gasteiger partial charge in [0.1, 0.15) is 0 Å². The Kier molecular flexibility index (Phi) is 4.31. The molecule has 0 spiro atoms. The maximum absolute atomic E-state index is 11.9. The Labute approximate surface area is 118 Å². The molecule has 1 aromatic heterocycles. The van der Waals surface area contributed by atoms with E-state index in [2.05, 4.69) is 20.0 Å². The highest BCUT2D eigenvalue weighted by Gasteiger charge is 2.14. The fraction of sp³-hybridized carbons (Fsp3) is 0.231. The molecule has 7 heteroatoms. The van der Waals surface area contributed by atoms with Gasteiger partial charge >= 0.3 is 0 Å². The molecule has 106 valence electrons. The normalized spacial score (nSPS) is 11.3. The number of nitrogens with zero attached hydrogens (tertiary/aromatic N) is 2. The number of benzene rings is 1. The summed E-state index contributed by atoms with van der Waals surface area (Å²) in [6.45, 7) is 2.24. The third-order valence-corrected chi connectivity index (χ3v) is 4.39. The summed E-state index contributed by atoms with van der Waals surface area (Å²) in [5, 5.41) is 3.13. The number of sulfonamides is 1. The minimum Gasteiger partial charge on any atom is -0.379 e. The summed E-state index contributed by atoms with van der Waals surface area (Å²) in [5.74, 6) is 0. The molecule has 0 amide bonds. The van der Waals surface area contributed by atoms with Crippen LogP contribution in [-0.4, -0.2) is 25.4 Å². The number of hydrogen-bond donors (Lipinski definition) is 2. The van der Waals surface area contributed by atoms with Crippen LogP contribution in [0.2, 0.25) is 0 Å². The molecular formula is C13H16N4O2S. The second-order valence-corrected chi connectivity index (χ2v) is 6.09. The van der Waals surface area contributed by atoms with Gasteiger partial charge in [0, 0.05) is 18.1 Å². The minimum atomic E-state index is -3.45. The number of hydrogen-bond acceptors (Lipinski definition) is 5. The van der Waals surface area contributed by atoms with Crippen molar-refractivity contribution in [2.75, 3.05) is 12.4 Å². The number of anilines is 1. The Bertz CT molecular complexity index is 687. The van der Waals surface area contributed by atoms with E-state index in [0.29, 0.717) is 12.1 Å². The predicted molar refractivity (Wildman–Crippen MR) is 76.8 cm³/mol. The van der Waals surface area contributed by atoms with Crippen molar-refractivity contribution in [3.05, 3.63) is 48.0 Å². The van der Waals surface area contributed by atoms with Crippen LogP contribution < -0.4 is 10.0 Å². The number of aryl methyl sites for hydroxylation is 1. The Hall–Kier alpha value is -1.99. The average Bonchev–Trinajstić information content (AvgIpc) is 2.47. The average molecular weight is 292 g/mol. The lowest BCUT2D eigenvalue weighted by atomic mass is 10.2. The lowest BCUT2D eigenvalue weighted by Crippen LogP contribution is -2.19. The Morgan fingerprint density at radius 3 is 2.70 bits per heavy atom. The molecule has 1 aromatic carbocycles. The fourth-order valence-corrected chi connectivity index (χ4v) is 2.72. The van der Waals surface area contributed by atoms with Crippen molar-refractivity contribution in [2.24, 2.45) is 0 Å². The van der Waals surface area contributed by atoms with Crippen LogP contribution in [0.4, 0.5) is 5.69 Å². The topological polar surface area (TPSA) is 84.0 Å². The first-order valence-corrected chi connectivity index (χ1v) is 7.54. The smallest absolute Gasteiger partial charge is 0.240 e. The number of rotatable bonds is 5. The van der Waals surface area contributed by atoms with Gasteiger partial charge in [0.15, 0.2) is 0 Å². The van der Waals surface area contributed by atoms with E-state index in [1.165, 1.54) is 7.05 Å². The zero-order chi connectivity index (χ0) is 14.6. The van der Waals surface area contributed by atoms with Gasteiger partial charge in [0.2, 0.25) is 10.0 Å². The zero-order valence-corrected chi connectivity index (χ0v) is 12.1. The van der Waals surface area contributed by atoms with E-state index in [1.807, 2.05) is 6.07 Å². The van der Waals surface area contributed by atoms with Crippen LogP contribution in [0.5, 0.6) is 0 Å². The van der Waals surface area contributed by atoms with E-state index >= 15 is 0 Å². The first-order chi connectivity index (χ1) is 9.53. The summed E-state index contributed by atoms with van der Waals surface area (Å²) in [5.41, 5.74) is 2.20. The van der Waals surface area contributed by atoms with Crippen molar-refractivity contribution in [3.8, 4) is 0 Å². The molecule has 2 rings (SSSR count). The largest absolute Gasteiger partial charge is 0.379 e. The molecule has 2 N–H and O–H groups in total. The van der Waals surface area contributed by atoms with Gasteiger partial charge in [-0.1, -0.05) is 6.07 Å². The Morgan fingerprint density at radius 1 is 1.25 bits per heavy atom. The highest BCUT2D eigenvalue weighted by atomic mass is 32.2.